The number of rotatable bonds is 7. The van der Waals surface area contributed by atoms with E-state index in [1.54, 1.807) is 19.1 Å². The average molecular weight is 488 g/mol. The lowest BCUT2D eigenvalue weighted by Crippen LogP contribution is -2.10. The largest absolute Gasteiger partial charge is 0.480 e. The first-order valence-electron chi connectivity index (χ1n) is 9.74. The Labute approximate surface area is 199 Å². The Morgan fingerprint density at radius 1 is 1.06 bits per heavy atom. The minimum Gasteiger partial charge on any atom is -0.480 e. The van der Waals surface area contributed by atoms with E-state index in [9.17, 15) is 35.1 Å². The van der Waals surface area contributed by atoms with Gasteiger partial charge in [0.25, 0.3) is 5.95 Å². The van der Waals surface area contributed by atoms with Crippen molar-refractivity contribution < 1.29 is 29.7 Å². The number of carbonyl (C=O) groups is 3. The molecule has 0 atom stereocenters. The first-order chi connectivity index (χ1) is 17.1. The molecule has 1 aromatic carbocycles. The number of aromatic nitrogens is 6. The van der Waals surface area contributed by atoms with E-state index >= 15 is 0 Å². The summed E-state index contributed by atoms with van der Waals surface area (Å²) >= 11 is 0. The number of hydrogen-bond acceptors (Lipinski definition) is 10. The molecule has 3 heterocycles. The van der Waals surface area contributed by atoms with Gasteiger partial charge in [-0.3, -0.25) is 14.5 Å². The second-order valence-corrected chi connectivity index (χ2v) is 7.16. The number of benzene rings is 1. The molecule has 0 aliphatic heterocycles. The third kappa shape index (κ3) is 3.97. The predicted molar refractivity (Wildman–Crippen MR) is 115 cm³/mol. The molecule has 4 rings (SSSR count). The van der Waals surface area contributed by atoms with Gasteiger partial charge < -0.3 is 15.3 Å². The second kappa shape index (κ2) is 8.80. The van der Waals surface area contributed by atoms with E-state index in [4.69, 9.17) is 5.11 Å². The second-order valence-electron chi connectivity index (χ2n) is 7.16. The number of aliphatic carboxylic acids is 1. The number of fused-ring (bicyclic) bond motifs is 1. The third-order valence-corrected chi connectivity index (χ3v) is 4.87. The molecule has 16 heteroatoms. The molecule has 0 radical (unpaired) electrons. The van der Waals surface area contributed by atoms with E-state index < -0.39 is 24.5 Å². The number of azo groups is 1. The van der Waals surface area contributed by atoms with Crippen molar-refractivity contribution in [3.63, 3.8) is 0 Å². The number of nitriles is 2. The molecule has 0 unspecified atom stereocenters. The van der Waals surface area contributed by atoms with Gasteiger partial charge in [-0.2, -0.15) is 30.2 Å². The van der Waals surface area contributed by atoms with Gasteiger partial charge in [0, 0.05) is 5.56 Å². The zero-order valence-electron chi connectivity index (χ0n) is 18.0. The molecular formula is C20H12N10O6. The molecule has 178 valence electrons. The predicted octanol–water partition coefficient (Wildman–Crippen LogP) is 1.87. The zero-order chi connectivity index (χ0) is 26.1. The molecule has 0 amide bonds. The van der Waals surface area contributed by atoms with Crippen molar-refractivity contribution >= 4 is 35.2 Å². The summed E-state index contributed by atoms with van der Waals surface area (Å²) in [6, 6.07) is 6.89. The molecule has 4 aromatic rings. The summed E-state index contributed by atoms with van der Waals surface area (Å²) in [7, 11) is 0. The van der Waals surface area contributed by atoms with E-state index in [2.05, 4.69) is 30.5 Å². The molecule has 0 aliphatic carbocycles. The summed E-state index contributed by atoms with van der Waals surface area (Å²) in [5.74, 6) is -4.17. The molecule has 0 aliphatic rings. The molecule has 3 aromatic heterocycles. The molecule has 0 saturated heterocycles. The van der Waals surface area contributed by atoms with Crippen molar-refractivity contribution in [3.05, 3.63) is 46.4 Å². The van der Waals surface area contributed by atoms with Crippen molar-refractivity contribution in [3.8, 4) is 23.5 Å². The molecule has 4 N–H and O–H groups in total. The Kier molecular flexibility index (Phi) is 5.69. The summed E-state index contributed by atoms with van der Waals surface area (Å²) in [6.45, 7) is 0.884. The standard InChI is InChI=1S/C20H12N10O6/c1-8-15(24-27-20-23-12(5-21)13(6-22)29(20)7-14(31)32)17-26-25-16(30(17)28-8)9-2-10(18(33)34)4-11(3-9)19(35)36/h2-4,26H,7H2,1H3,(H,31,32)(H,33,34)(H,35,36). The maximum Gasteiger partial charge on any atom is 0.335 e. The number of imidazole rings is 1. The number of aromatic amines is 1. The fraction of sp³-hybridized carbons (Fsp3) is 0.100. The van der Waals surface area contributed by atoms with Crippen LogP contribution in [-0.4, -0.2) is 62.6 Å². The third-order valence-electron chi connectivity index (χ3n) is 4.87. The normalized spacial score (nSPS) is 11.0. The van der Waals surface area contributed by atoms with Gasteiger partial charge in [0.1, 0.15) is 18.7 Å². The number of nitrogens with one attached hydrogen (secondary N) is 1. The first-order valence-corrected chi connectivity index (χ1v) is 9.74. The lowest BCUT2D eigenvalue weighted by molar-refractivity contribution is -0.137. The van der Waals surface area contributed by atoms with Crippen LogP contribution in [0.4, 0.5) is 11.6 Å². The van der Waals surface area contributed by atoms with Gasteiger partial charge in [-0.05, 0) is 25.1 Å². The fourth-order valence-electron chi connectivity index (χ4n) is 3.32. The Morgan fingerprint density at radius 3 is 2.28 bits per heavy atom. The van der Waals surface area contributed by atoms with Gasteiger partial charge in [-0.15, -0.1) is 10.2 Å². The quantitative estimate of drug-likeness (QED) is 0.273. The zero-order valence-corrected chi connectivity index (χ0v) is 18.0. The molecule has 36 heavy (non-hydrogen) atoms. The number of H-pyrrole nitrogens is 1. The Hall–Kier alpha value is -5.90. The molecular weight excluding hydrogens is 476 g/mol. The van der Waals surface area contributed by atoms with Gasteiger partial charge in [-0.25, -0.2) is 9.59 Å². The van der Waals surface area contributed by atoms with Crippen LogP contribution in [0.15, 0.2) is 28.4 Å². The van der Waals surface area contributed by atoms with Crippen LogP contribution >= 0.6 is 0 Å². The van der Waals surface area contributed by atoms with Crippen molar-refractivity contribution in [1.29, 1.82) is 10.5 Å². The summed E-state index contributed by atoms with van der Waals surface area (Å²) < 4.78 is 2.19. The summed E-state index contributed by atoms with van der Waals surface area (Å²) in [5, 5.41) is 65.3. The van der Waals surface area contributed by atoms with Crippen LogP contribution in [0.3, 0.4) is 0 Å². The lowest BCUT2D eigenvalue weighted by atomic mass is 10.1. The van der Waals surface area contributed by atoms with Crippen molar-refractivity contribution in [2.45, 2.75) is 13.5 Å². The number of nitrogens with zero attached hydrogens (tertiary/aromatic N) is 9. The van der Waals surface area contributed by atoms with Gasteiger partial charge in [-0.1, -0.05) is 0 Å². The SMILES string of the molecule is Cc1nn2c(-c3cc(C(=O)O)cc(C(=O)O)c3)n[nH]c2c1N=Nc1nc(C#N)c(C#N)n1CC(=O)O. The van der Waals surface area contributed by atoms with Crippen LogP contribution in [0.2, 0.25) is 0 Å². The molecule has 16 nitrogen and oxygen atoms in total. The van der Waals surface area contributed by atoms with Crippen LogP contribution in [0.25, 0.3) is 17.0 Å². The van der Waals surface area contributed by atoms with Crippen LogP contribution in [0, 0.1) is 29.6 Å². The number of hydrogen-bond donors (Lipinski definition) is 4. The number of aromatic carboxylic acids is 2. The molecule has 0 fully saturated rings. The van der Waals surface area contributed by atoms with Crippen LogP contribution < -0.4 is 0 Å². The fourth-order valence-corrected chi connectivity index (χ4v) is 3.32. The first kappa shape index (κ1) is 23.3. The summed E-state index contributed by atoms with van der Waals surface area (Å²) in [6.07, 6.45) is 0. The maximum absolute atomic E-state index is 11.4. The van der Waals surface area contributed by atoms with Crippen LogP contribution in [-0.2, 0) is 11.3 Å². The lowest BCUT2D eigenvalue weighted by Gasteiger charge is -2.03. The van der Waals surface area contributed by atoms with Gasteiger partial charge in [0.2, 0.25) is 0 Å². The van der Waals surface area contributed by atoms with Crippen molar-refractivity contribution in [2.24, 2.45) is 10.2 Å². The highest BCUT2D eigenvalue weighted by Gasteiger charge is 2.22. The van der Waals surface area contributed by atoms with Gasteiger partial charge in [0.05, 0.1) is 16.8 Å². The Bertz CT molecular complexity index is 1660. The van der Waals surface area contributed by atoms with Crippen molar-refractivity contribution in [2.75, 3.05) is 0 Å². The van der Waals surface area contributed by atoms with Gasteiger partial charge >= 0.3 is 17.9 Å². The minimum atomic E-state index is -1.33. The van der Waals surface area contributed by atoms with E-state index in [-0.39, 0.29) is 51.2 Å². The van der Waals surface area contributed by atoms with Crippen molar-refractivity contribution in [1.82, 2.24) is 29.4 Å². The maximum atomic E-state index is 11.4. The van der Waals surface area contributed by atoms with Gasteiger partial charge in [0.15, 0.2) is 28.5 Å². The number of aryl methyl sites for hydroxylation is 1. The highest BCUT2D eigenvalue weighted by atomic mass is 16.4. The number of carboxylic acids is 3. The Balaban J connectivity index is 1.82. The smallest absolute Gasteiger partial charge is 0.335 e. The van der Waals surface area contributed by atoms with E-state index in [0.717, 1.165) is 10.6 Å². The highest BCUT2D eigenvalue weighted by Crippen LogP contribution is 2.30. The monoisotopic (exact) mass is 488 g/mol. The number of carboxylic acid groups (broad SMARTS) is 3. The Morgan fingerprint density at radius 2 is 1.72 bits per heavy atom. The highest BCUT2D eigenvalue weighted by molar-refractivity contribution is 5.95. The van der Waals surface area contributed by atoms with E-state index in [0.29, 0.717) is 5.69 Å². The molecule has 0 saturated carbocycles. The van der Waals surface area contributed by atoms with Crippen LogP contribution in [0.5, 0.6) is 0 Å². The minimum absolute atomic E-state index is 0.0889. The molecule has 0 bridgehead atoms. The molecule has 0 spiro atoms. The van der Waals surface area contributed by atoms with Crippen LogP contribution in [0.1, 0.15) is 37.8 Å². The topological polar surface area (TPSA) is 248 Å². The summed E-state index contributed by atoms with van der Waals surface area (Å²) in [4.78, 5) is 38.0. The average Bonchev–Trinajstić information content (AvgIpc) is 3.48. The summed E-state index contributed by atoms with van der Waals surface area (Å²) in [5.41, 5.74) is -0.334. The van der Waals surface area contributed by atoms with E-state index in [1.165, 1.54) is 16.6 Å². The van der Waals surface area contributed by atoms with E-state index in [1.807, 2.05) is 0 Å².